The first-order valence-corrected chi connectivity index (χ1v) is 8.63. The van der Waals surface area contributed by atoms with Crippen LogP contribution in [-0.2, 0) is 6.54 Å². The van der Waals surface area contributed by atoms with Crippen LogP contribution in [0.4, 0.5) is 0 Å². The summed E-state index contributed by atoms with van der Waals surface area (Å²) in [6.45, 7) is 2.79. The number of pyridine rings is 1. The minimum atomic E-state index is -0.216. The molecule has 0 bridgehead atoms. The third-order valence-corrected chi connectivity index (χ3v) is 5.22. The van der Waals surface area contributed by atoms with E-state index in [0.717, 1.165) is 23.0 Å². The van der Waals surface area contributed by atoms with E-state index in [-0.39, 0.29) is 5.91 Å². The number of hydrogen-bond donors (Lipinski definition) is 0. The highest BCUT2D eigenvalue weighted by atomic mass is 32.1. The molecular weight excluding hydrogens is 306 g/mol. The molecule has 0 radical (unpaired) electrons. The lowest BCUT2D eigenvalue weighted by Crippen LogP contribution is -2.18. The van der Waals surface area contributed by atoms with E-state index in [1.54, 1.807) is 29.7 Å². The van der Waals surface area contributed by atoms with Crippen LogP contribution in [0.3, 0.4) is 0 Å². The molecule has 1 aliphatic rings. The number of rotatable bonds is 3. The zero-order chi connectivity index (χ0) is 15.8. The van der Waals surface area contributed by atoms with Gasteiger partial charge in [0.05, 0.1) is 21.5 Å². The number of hydrogen-bond acceptors (Lipinski definition) is 3. The van der Waals surface area contributed by atoms with Gasteiger partial charge in [-0.1, -0.05) is 23.5 Å². The molecule has 0 atom stereocenters. The van der Waals surface area contributed by atoms with Gasteiger partial charge in [-0.3, -0.25) is 9.78 Å². The van der Waals surface area contributed by atoms with E-state index in [9.17, 15) is 4.79 Å². The van der Waals surface area contributed by atoms with Crippen molar-refractivity contribution < 1.29 is 4.79 Å². The average Bonchev–Trinajstić information content (AvgIpc) is 3.31. The largest absolute Gasteiger partial charge is 0.316 e. The van der Waals surface area contributed by atoms with Crippen molar-refractivity contribution in [3.05, 3.63) is 58.7 Å². The van der Waals surface area contributed by atoms with Crippen LogP contribution >= 0.6 is 11.3 Å². The van der Waals surface area contributed by atoms with Gasteiger partial charge in [-0.2, -0.15) is 4.99 Å². The Balaban J connectivity index is 1.84. The van der Waals surface area contributed by atoms with Crippen molar-refractivity contribution in [2.75, 3.05) is 0 Å². The molecule has 5 heteroatoms. The summed E-state index contributed by atoms with van der Waals surface area (Å²) in [5.74, 6) is 0.508. The van der Waals surface area contributed by atoms with Crippen molar-refractivity contribution in [1.82, 2.24) is 9.55 Å². The molecule has 23 heavy (non-hydrogen) atoms. The maximum absolute atomic E-state index is 12.6. The van der Waals surface area contributed by atoms with Crippen molar-refractivity contribution in [3.63, 3.8) is 0 Å². The minimum Gasteiger partial charge on any atom is -0.316 e. The summed E-state index contributed by atoms with van der Waals surface area (Å²) in [6, 6.07) is 11.8. The molecule has 2 aromatic heterocycles. The Morgan fingerprint density at radius 3 is 2.91 bits per heavy atom. The van der Waals surface area contributed by atoms with E-state index in [2.05, 4.69) is 26.7 Å². The topological polar surface area (TPSA) is 47.2 Å². The number of benzene rings is 1. The van der Waals surface area contributed by atoms with Crippen LogP contribution in [0.25, 0.3) is 10.2 Å². The van der Waals surface area contributed by atoms with Gasteiger partial charge in [0.15, 0.2) is 4.80 Å². The van der Waals surface area contributed by atoms with Crippen LogP contribution < -0.4 is 4.80 Å². The smallest absolute Gasteiger partial charge is 0.281 e. The van der Waals surface area contributed by atoms with E-state index < -0.39 is 0 Å². The molecule has 0 N–H and O–H groups in total. The Morgan fingerprint density at radius 1 is 1.30 bits per heavy atom. The van der Waals surface area contributed by atoms with Gasteiger partial charge in [0, 0.05) is 12.7 Å². The van der Waals surface area contributed by atoms with E-state index >= 15 is 0 Å². The Morgan fingerprint density at radius 2 is 2.13 bits per heavy atom. The van der Waals surface area contributed by atoms with Gasteiger partial charge in [0.25, 0.3) is 5.91 Å². The molecule has 2 heterocycles. The fourth-order valence-corrected chi connectivity index (χ4v) is 3.74. The van der Waals surface area contributed by atoms with Crippen LogP contribution in [0.1, 0.15) is 28.9 Å². The standard InChI is InChI=1S/C18H17N3OS/c1-12-14(5-4-10-19-12)17(22)20-18-21(11-13-8-9-13)15-6-2-3-7-16(15)23-18/h2-7,10,13H,8-9,11H2,1H3. The van der Waals surface area contributed by atoms with Gasteiger partial charge >= 0.3 is 0 Å². The molecule has 1 fully saturated rings. The number of nitrogens with zero attached hydrogens (tertiary/aromatic N) is 3. The molecule has 116 valence electrons. The highest BCUT2D eigenvalue weighted by Gasteiger charge is 2.23. The van der Waals surface area contributed by atoms with Crippen molar-refractivity contribution >= 4 is 27.5 Å². The average molecular weight is 323 g/mol. The zero-order valence-electron chi connectivity index (χ0n) is 12.9. The summed E-state index contributed by atoms with van der Waals surface area (Å²) in [7, 11) is 0. The predicted octanol–water partition coefficient (Wildman–Crippen LogP) is 3.56. The molecule has 1 amide bonds. The highest BCUT2D eigenvalue weighted by molar-refractivity contribution is 7.16. The maximum atomic E-state index is 12.6. The van der Waals surface area contributed by atoms with Crippen molar-refractivity contribution in [2.24, 2.45) is 10.9 Å². The number of aryl methyl sites for hydroxylation is 1. The lowest BCUT2D eigenvalue weighted by molar-refractivity contribution is 0.0997. The lowest BCUT2D eigenvalue weighted by Gasteiger charge is -2.03. The summed E-state index contributed by atoms with van der Waals surface area (Å²) >= 11 is 1.58. The predicted molar refractivity (Wildman–Crippen MR) is 91.4 cm³/mol. The molecule has 3 aromatic rings. The van der Waals surface area contributed by atoms with Crippen molar-refractivity contribution in [2.45, 2.75) is 26.3 Å². The zero-order valence-corrected chi connectivity index (χ0v) is 13.7. The van der Waals surface area contributed by atoms with Gasteiger partial charge in [0.1, 0.15) is 0 Å². The molecule has 1 aliphatic carbocycles. The number of amides is 1. The first kappa shape index (κ1) is 14.3. The quantitative estimate of drug-likeness (QED) is 0.740. The molecule has 4 rings (SSSR count). The Labute approximate surface area is 138 Å². The van der Waals surface area contributed by atoms with Gasteiger partial charge < -0.3 is 4.57 Å². The van der Waals surface area contributed by atoms with Crippen LogP contribution in [0.15, 0.2) is 47.6 Å². The summed E-state index contributed by atoms with van der Waals surface area (Å²) in [6.07, 6.45) is 4.23. The second-order valence-electron chi connectivity index (χ2n) is 5.96. The van der Waals surface area contributed by atoms with Gasteiger partial charge in [0.2, 0.25) is 0 Å². The second-order valence-corrected chi connectivity index (χ2v) is 6.97. The molecule has 4 nitrogen and oxygen atoms in total. The van der Waals surface area contributed by atoms with Crippen molar-refractivity contribution in [1.29, 1.82) is 0 Å². The molecule has 1 aromatic carbocycles. The van der Waals surface area contributed by atoms with E-state index in [0.29, 0.717) is 5.56 Å². The molecular formula is C18H17N3OS. The van der Waals surface area contributed by atoms with Crippen LogP contribution in [-0.4, -0.2) is 15.5 Å². The number of fused-ring (bicyclic) bond motifs is 1. The van der Waals surface area contributed by atoms with Gasteiger partial charge in [-0.25, -0.2) is 0 Å². The number of aromatic nitrogens is 2. The van der Waals surface area contributed by atoms with E-state index in [1.165, 1.54) is 23.1 Å². The fourth-order valence-electron chi connectivity index (χ4n) is 2.70. The Kier molecular flexibility index (Phi) is 3.58. The summed E-state index contributed by atoms with van der Waals surface area (Å²) in [5.41, 5.74) is 2.46. The molecule has 0 saturated heterocycles. The fraction of sp³-hybridized carbons (Fsp3) is 0.278. The summed E-state index contributed by atoms with van der Waals surface area (Å²) in [5, 5.41) is 0. The Bertz CT molecular complexity index is 950. The van der Waals surface area contributed by atoms with Crippen LogP contribution in [0.5, 0.6) is 0 Å². The number of carbonyl (C=O) groups is 1. The maximum Gasteiger partial charge on any atom is 0.281 e. The van der Waals surface area contributed by atoms with Crippen LogP contribution in [0.2, 0.25) is 0 Å². The van der Waals surface area contributed by atoms with E-state index in [1.807, 2.05) is 19.1 Å². The second kappa shape index (κ2) is 5.74. The van der Waals surface area contributed by atoms with Crippen molar-refractivity contribution in [3.8, 4) is 0 Å². The number of para-hydroxylation sites is 1. The molecule has 1 saturated carbocycles. The third-order valence-electron chi connectivity index (χ3n) is 4.16. The first-order valence-electron chi connectivity index (χ1n) is 7.81. The normalized spacial score (nSPS) is 15.3. The first-order chi connectivity index (χ1) is 11.2. The molecule has 0 aliphatic heterocycles. The monoisotopic (exact) mass is 323 g/mol. The number of thiazole rings is 1. The van der Waals surface area contributed by atoms with E-state index in [4.69, 9.17) is 0 Å². The SMILES string of the molecule is Cc1ncccc1C(=O)N=c1sc2ccccc2n1CC1CC1. The number of carbonyl (C=O) groups excluding carboxylic acids is 1. The van der Waals surface area contributed by atoms with Crippen LogP contribution in [0, 0.1) is 12.8 Å². The third kappa shape index (κ3) is 2.84. The summed E-state index contributed by atoms with van der Waals surface area (Å²) in [4.78, 5) is 21.9. The van der Waals surface area contributed by atoms with Gasteiger partial charge in [-0.05, 0) is 49.9 Å². The molecule has 0 spiro atoms. The molecule has 0 unspecified atom stereocenters. The van der Waals surface area contributed by atoms with Gasteiger partial charge in [-0.15, -0.1) is 0 Å². The Hall–Kier alpha value is -2.27. The highest BCUT2D eigenvalue weighted by Crippen LogP contribution is 2.31. The lowest BCUT2D eigenvalue weighted by atomic mass is 10.2. The minimum absolute atomic E-state index is 0.216. The summed E-state index contributed by atoms with van der Waals surface area (Å²) < 4.78 is 3.36.